The highest BCUT2D eigenvalue weighted by Crippen LogP contribution is 2.34. The first-order valence-corrected chi connectivity index (χ1v) is 10.6. The van der Waals surface area contributed by atoms with E-state index in [0.29, 0.717) is 23.0 Å². The number of hydrogen-bond acceptors (Lipinski definition) is 7. The normalized spacial score (nSPS) is 22.8. The van der Waals surface area contributed by atoms with E-state index in [-0.39, 0.29) is 39.0 Å². The van der Waals surface area contributed by atoms with Crippen molar-refractivity contribution in [2.75, 3.05) is 26.5 Å². The smallest absolute Gasteiger partial charge is 0.325 e. The van der Waals surface area contributed by atoms with Crippen LogP contribution >= 0.6 is 0 Å². The summed E-state index contributed by atoms with van der Waals surface area (Å²) in [5.74, 6) is 1.57. The fourth-order valence-corrected chi connectivity index (χ4v) is 4.06. The number of amides is 4. The number of carbonyl (C=O) groups is 3. The summed E-state index contributed by atoms with van der Waals surface area (Å²) in [5.41, 5.74) is -0.369. The van der Waals surface area contributed by atoms with Crippen LogP contribution in [0.1, 0.15) is 12.5 Å². The quantitative estimate of drug-likeness (QED) is 0.632. The maximum atomic E-state index is 13.0. The lowest BCUT2D eigenvalue weighted by Gasteiger charge is -2.26. The van der Waals surface area contributed by atoms with Crippen LogP contribution in [-0.4, -0.2) is 60.9 Å². The molecule has 4 amide bonds. The van der Waals surface area contributed by atoms with Crippen LogP contribution in [0.25, 0.3) is 0 Å². The number of benzene rings is 2. The van der Waals surface area contributed by atoms with Crippen molar-refractivity contribution < 1.29 is 33.3 Å². The summed E-state index contributed by atoms with van der Waals surface area (Å²) in [4.78, 5) is 38.9. The molecule has 2 aromatic carbocycles. The van der Waals surface area contributed by atoms with Crippen molar-refractivity contribution >= 4 is 17.8 Å². The standard InChI is InChI=1S/C23H23N3O7/c1-23(9-14-6-7-17-19(8-14)32-13-31-17)21(28)26(22(29)25-23)11-20(27)24-10-15-12-30-16-4-2-3-5-18(16)33-15/h2-8,15H,9-13H2,1H3,(H,24,27)(H,25,29)/t15-,23-/m1/s1. The first kappa shape index (κ1) is 20.9. The van der Waals surface area contributed by atoms with Crippen LogP contribution in [0.3, 0.4) is 0 Å². The third-order valence-electron chi connectivity index (χ3n) is 5.74. The molecule has 0 aliphatic carbocycles. The fraction of sp³-hybridized carbons (Fsp3) is 0.348. The second kappa shape index (κ2) is 8.19. The number of para-hydroxylation sites is 2. The van der Waals surface area contributed by atoms with E-state index in [1.54, 1.807) is 25.1 Å². The van der Waals surface area contributed by atoms with Crippen molar-refractivity contribution in [1.29, 1.82) is 0 Å². The van der Waals surface area contributed by atoms with Gasteiger partial charge in [0.25, 0.3) is 5.91 Å². The average Bonchev–Trinajstić information content (AvgIpc) is 3.35. The van der Waals surface area contributed by atoms with Crippen molar-refractivity contribution in [3.05, 3.63) is 48.0 Å². The number of hydrogen-bond donors (Lipinski definition) is 2. The summed E-state index contributed by atoms with van der Waals surface area (Å²) in [5, 5.41) is 5.42. The molecule has 172 valence electrons. The Bertz CT molecular complexity index is 1120. The largest absolute Gasteiger partial charge is 0.486 e. The van der Waals surface area contributed by atoms with E-state index in [4.69, 9.17) is 18.9 Å². The van der Waals surface area contributed by atoms with Crippen molar-refractivity contribution in [2.24, 2.45) is 0 Å². The van der Waals surface area contributed by atoms with Crippen LogP contribution < -0.4 is 29.6 Å². The molecule has 1 saturated heterocycles. The van der Waals surface area contributed by atoms with Gasteiger partial charge in [-0.05, 0) is 36.8 Å². The predicted octanol–water partition coefficient (Wildman–Crippen LogP) is 1.22. The molecular formula is C23H23N3O7. The van der Waals surface area contributed by atoms with Crippen LogP contribution in [0.4, 0.5) is 4.79 Å². The fourth-order valence-electron chi connectivity index (χ4n) is 4.06. The number of rotatable bonds is 6. The molecule has 2 atom stereocenters. The highest BCUT2D eigenvalue weighted by atomic mass is 16.7. The Morgan fingerprint density at radius 2 is 1.85 bits per heavy atom. The van der Waals surface area contributed by atoms with Gasteiger partial charge in [-0.3, -0.25) is 14.5 Å². The van der Waals surface area contributed by atoms with Gasteiger partial charge >= 0.3 is 6.03 Å². The van der Waals surface area contributed by atoms with Gasteiger partial charge in [-0.15, -0.1) is 0 Å². The maximum Gasteiger partial charge on any atom is 0.325 e. The molecule has 3 aliphatic rings. The van der Waals surface area contributed by atoms with E-state index in [1.165, 1.54) is 0 Å². The minimum atomic E-state index is -1.17. The minimum Gasteiger partial charge on any atom is -0.486 e. The number of fused-ring (bicyclic) bond motifs is 2. The van der Waals surface area contributed by atoms with Gasteiger partial charge in [0.15, 0.2) is 23.0 Å². The zero-order valence-corrected chi connectivity index (χ0v) is 18.0. The molecule has 0 unspecified atom stereocenters. The first-order chi connectivity index (χ1) is 15.9. The third-order valence-corrected chi connectivity index (χ3v) is 5.74. The zero-order valence-electron chi connectivity index (χ0n) is 18.0. The molecular weight excluding hydrogens is 430 g/mol. The van der Waals surface area contributed by atoms with Crippen molar-refractivity contribution in [2.45, 2.75) is 25.0 Å². The summed E-state index contributed by atoms with van der Waals surface area (Å²) < 4.78 is 22.1. The zero-order chi connectivity index (χ0) is 23.0. The molecule has 3 aliphatic heterocycles. The van der Waals surface area contributed by atoms with Gasteiger partial charge in [0.1, 0.15) is 24.8 Å². The van der Waals surface area contributed by atoms with E-state index in [0.717, 1.165) is 10.5 Å². The second-order valence-corrected chi connectivity index (χ2v) is 8.32. The van der Waals surface area contributed by atoms with Gasteiger partial charge in [-0.2, -0.15) is 0 Å². The number of nitrogens with one attached hydrogen (secondary N) is 2. The van der Waals surface area contributed by atoms with Gasteiger partial charge in [-0.25, -0.2) is 4.79 Å². The van der Waals surface area contributed by atoms with E-state index in [2.05, 4.69) is 10.6 Å². The Balaban J connectivity index is 1.16. The molecule has 10 heteroatoms. The summed E-state index contributed by atoms with van der Waals surface area (Å²) >= 11 is 0. The van der Waals surface area contributed by atoms with Crippen molar-refractivity contribution in [3.63, 3.8) is 0 Å². The summed E-state index contributed by atoms with van der Waals surface area (Å²) in [6.07, 6.45) is -0.123. The van der Waals surface area contributed by atoms with Crippen LogP contribution in [-0.2, 0) is 16.0 Å². The monoisotopic (exact) mass is 453 g/mol. The van der Waals surface area contributed by atoms with Gasteiger partial charge in [-0.1, -0.05) is 18.2 Å². The summed E-state index contributed by atoms with van der Waals surface area (Å²) in [6, 6.07) is 12.0. The van der Waals surface area contributed by atoms with Crippen molar-refractivity contribution in [1.82, 2.24) is 15.5 Å². The molecule has 33 heavy (non-hydrogen) atoms. The number of ether oxygens (including phenoxy) is 4. The summed E-state index contributed by atoms with van der Waals surface area (Å²) in [6.45, 7) is 1.88. The molecule has 0 bridgehead atoms. The molecule has 2 N–H and O–H groups in total. The van der Waals surface area contributed by atoms with Gasteiger partial charge in [0, 0.05) is 6.42 Å². The molecule has 5 rings (SSSR count). The molecule has 0 saturated carbocycles. The van der Waals surface area contributed by atoms with Gasteiger partial charge < -0.3 is 29.6 Å². The Hall–Kier alpha value is -3.95. The summed E-state index contributed by atoms with van der Waals surface area (Å²) in [7, 11) is 0. The Labute approximate surface area is 189 Å². The Morgan fingerprint density at radius 3 is 2.70 bits per heavy atom. The Kier molecular flexibility index (Phi) is 5.20. The van der Waals surface area contributed by atoms with E-state index < -0.39 is 23.4 Å². The third kappa shape index (κ3) is 4.11. The molecule has 0 radical (unpaired) electrons. The van der Waals surface area contributed by atoms with Crippen molar-refractivity contribution in [3.8, 4) is 23.0 Å². The molecule has 1 fully saturated rings. The van der Waals surface area contributed by atoms with E-state index in [9.17, 15) is 14.4 Å². The van der Waals surface area contributed by atoms with E-state index in [1.807, 2.05) is 24.3 Å². The lowest BCUT2D eigenvalue weighted by atomic mass is 9.92. The van der Waals surface area contributed by atoms with Gasteiger partial charge in [0.05, 0.1) is 6.54 Å². The number of nitrogens with zero attached hydrogens (tertiary/aromatic N) is 1. The topological polar surface area (TPSA) is 115 Å². The minimum absolute atomic E-state index is 0.152. The number of urea groups is 1. The SMILES string of the molecule is C[C@]1(Cc2ccc3c(c2)OCO3)NC(=O)N(CC(=O)NC[C@@H]2COc3ccccc3O2)C1=O. The lowest BCUT2D eigenvalue weighted by molar-refractivity contribution is -0.134. The van der Waals surface area contributed by atoms with Crippen LogP contribution in [0.15, 0.2) is 42.5 Å². The first-order valence-electron chi connectivity index (χ1n) is 10.6. The number of imide groups is 1. The maximum absolute atomic E-state index is 13.0. The van der Waals surface area contributed by atoms with E-state index >= 15 is 0 Å². The highest BCUT2D eigenvalue weighted by Gasteiger charge is 2.48. The van der Waals surface area contributed by atoms with Crippen LogP contribution in [0.2, 0.25) is 0 Å². The number of carbonyl (C=O) groups excluding carboxylic acids is 3. The second-order valence-electron chi connectivity index (χ2n) is 8.32. The molecule has 2 aromatic rings. The molecule has 10 nitrogen and oxygen atoms in total. The molecule has 0 aromatic heterocycles. The highest BCUT2D eigenvalue weighted by molar-refractivity contribution is 6.08. The molecule has 0 spiro atoms. The molecule has 3 heterocycles. The lowest BCUT2D eigenvalue weighted by Crippen LogP contribution is -2.48. The predicted molar refractivity (Wildman–Crippen MR) is 114 cm³/mol. The Morgan fingerprint density at radius 1 is 1.09 bits per heavy atom. The van der Waals surface area contributed by atoms with Crippen LogP contribution in [0, 0.1) is 0 Å². The average molecular weight is 453 g/mol. The van der Waals surface area contributed by atoms with Gasteiger partial charge in [0.2, 0.25) is 12.7 Å². The van der Waals surface area contributed by atoms with Crippen LogP contribution in [0.5, 0.6) is 23.0 Å².